The summed E-state index contributed by atoms with van der Waals surface area (Å²) in [5, 5.41) is 9.18. The van der Waals surface area contributed by atoms with Crippen LogP contribution in [0, 0.1) is 5.82 Å². The van der Waals surface area contributed by atoms with Gasteiger partial charge in [0.2, 0.25) is 0 Å². The van der Waals surface area contributed by atoms with Crippen LogP contribution in [0.5, 0.6) is 5.75 Å². The number of fused-ring (bicyclic) bond motifs is 1. The molecule has 1 N–H and O–H groups in total. The summed E-state index contributed by atoms with van der Waals surface area (Å²) in [5.41, 5.74) is 0.919. The number of rotatable bonds is 6. The highest BCUT2D eigenvalue weighted by molar-refractivity contribution is 5.91. The summed E-state index contributed by atoms with van der Waals surface area (Å²) >= 11 is 0. The number of aromatic nitrogens is 2. The molecule has 4 rings (SSSR count). The Bertz CT molecular complexity index is 1110. The predicted molar refractivity (Wildman–Crippen MR) is 106 cm³/mol. The van der Waals surface area contributed by atoms with E-state index in [1.165, 1.54) is 12.1 Å². The van der Waals surface area contributed by atoms with Crippen LogP contribution >= 0.6 is 0 Å². The first kappa shape index (κ1) is 17.7. The van der Waals surface area contributed by atoms with E-state index >= 15 is 0 Å². The fourth-order valence-electron chi connectivity index (χ4n) is 2.88. The molecule has 1 amide bonds. The Hall–Kier alpha value is -3.67. The number of ether oxygens (including phenoxy) is 1. The number of nitrogens with one attached hydrogen (secondary N) is 1. The Morgan fingerprint density at radius 3 is 2.61 bits per heavy atom. The largest absolute Gasteiger partial charge is 0.484 e. The van der Waals surface area contributed by atoms with Crippen LogP contribution in [-0.4, -0.2) is 22.3 Å². The lowest BCUT2D eigenvalue weighted by atomic mass is 10.1. The van der Waals surface area contributed by atoms with Crippen LogP contribution in [0.4, 0.5) is 10.2 Å². The van der Waals surface area contributed by atoms with Crippen molar-refractivity contribution in [1.29, 1.82) is 0 Å². The van der Waals surface area contributed by atoms with Crippen LogP contribution in [0.2, 0.25) is 0 Å². The van der Waals surface area contributed by atoms with Gasteiger partial charge in [-0.2, -0.15) is 5.10 Å². The van der Waals surface area contributed by atoms with E-state index in [9.17, 15) is 9.18 Å². The summed E-state index contributed by atoms with van der Waals surface area (Å²) in [6.45, 7) is 0.382. The Balaban J connectivity index is 1.32. The molecule has 0 aliphatic rings. The third kappa shape index (κ3) is 4.35. The van der Waals surface area contributed by atoms with Gasteiger partial charge in [0.15, 0.2) is 12.4 Å². The second-order valence-corrected chi connectivity index (χ2v) is 6.37. The number of amides is 1. The van der Waals surface area contributed by atoms with Gasteiger partial charge in [-0.25, -0.2) is 4.39 Å². The van der Waals surface area contributed by atoms with E-state index in [4.69, 9.17) is 4.74 Å². The maximum atomic E-state index is 13.0. The first-order valence-corrected chi connectivity index (χ1v) is 8.85. The molecule has 0 spiro atoms. The molecule has 0 bridgehead atoms. The SMILES string of the molecule is O=C(COc1ccc2ccccc2c1)Nc1ccn(Cc2ccc(F)cc2)n1. The molecule has 0 aliphatic heterocycles. The van der Waals surface area contributed by atoms with Gasteiger partial charge in [0.05, 0.1) is 6.54 Å². The predicted octanol–water partition coefficient (Wildman–Crippen LogP) is 4.24. The maximum Gasteiger partial charge on any atom is 0.263 e. The van der Waals surface area contributed by atoms with Gasteiger partial charge in [0, 0.05) is 12.3 Å². The monoisotopic (exact) mass is 375 g/mol. The molecule has 0 radical (unpaired) electrons. The van der Waals surface area contributed by atoms with Gasteiger partial charge in [0.1, 0.15) is 11.6 Å². The van der Waals surface area contributed by atoms with Gasteiger partial charge in [-0.15, -0.1) is 0 Å². The van der Waals surface area contributed by atoms with Gasteiger partial charge in [-0.1, -0.05) is 42.5 Å². The van der Waals surface area contributed by atoms with Crippen molar-refractivity contribution in [1.82, 2.24) is 9.78 Å². The minimum atomic E-state index is -0.291. The van der Waals surface area contributed by atoms with E-state index in [2.05, 4.69) is 10.4 Å². The van der Waals surface area contributed by atoms with Crippen molar-refractivity contribution in [3.8, 4) is 5.75 Å². The van der Waals surface area contributed by atoms with E-state index in [0.717, 1.165) is 16.3 Å². The molecule has 3 aromatic carbocycles. The molecule has 28 heavy (non-hydrogen) atoms. The molecular formula is C22H18FN3O2. The lowest BCUT2D eigenvalue weighted by molar-refractivity contribution is -0.118. The van der Waals surface area contributed by atoms with Gasteiger partial charge >= 0.3 is 0 Å². The van der Waals surface area contributed by atoms with Crippen molar-refractivity contribution in [2.45, 2.75) is 6.54 Å². The summed E-state index contributed by atoms with van der Waals surface area (Å²) in [7, 11) is 0. The minimum absolute atomic E-state index is 0.108. The van der Waals surface area contributed by atoms with Crippen molar-refractivity contribution in [2.75, 3.05) is 11.9 Å². The summed E-state index contributed by atoms with van der Waals surface area (Å²) in [6.07, 6.45) is 1.75. The van der Waals surface area contributed by atoms with Gasteiger partial charge in [-0.3, -0.25) is 9.48 Å². The smallest absolute Gasteiger partial charge is 0.263 e. The van der Waals surface area contributed by atoms with Crippen molar-refractivity contribution in [3.05, 3.63) is 90.4 Å². The quantitative estimate of drug-likeness (QED) is 0.548. The lowest BCUT2D eigenvalue weighted by Gasteiger charge is -2.07. The molecule has 6 heteroatoms. The van der Waals surface area contributed by atoms with Crippen LogP contribution in [0.15, 0.2) is 79.0 Å². The Morgan fingerprint density at radius 2 is 1.79 bits per heavy atom. The van der Waals surface area contributed by atoms with Gasteiger partial charge in [-0.05, 0) is 40.6 Å². The molecule has 0 aliphatic carbocycles. The Kier molecular flexibility index (Phi) is 5.01. The average Bonchev–Trinajstić information content (AvgIpc) is 3.14. The second-order valence-electron chi connectivity index (χ2n) is 6.37. The zero-order chi connectivity index (χ0) is 19.3. The van der Waals surface area contributed by atoms with E-state index in [-0.39, 0.29) is 18.3 Å². The number of halogens is 1. The first-order valence-electron chi connectivity index (χ1n) is 8.85. The third-order valence-corrected chi connectivity index (χ3v) is 4.26. The first-order chi connectivity index (χ1) is 13.7. The van der Waals surface area contributed by atoms with Crippen LogP contribution in [0.1, 0.15) is 5.56 Å². The highest BCUT2D eigenvalue weighted by Gasteiger charge is 2.07. The van der Waals surface area contributed by atoms with E-state index in [1.54, 1.807) is 29.1 Å². The van der Waals surface area contributed by atoms with Crippen molar-refractivity contribution in [3.63, 3.8) is 0 Å². The Morgan fingerprint density at radius 1 is 1.00 bits per heavy atom. The molecule has 0 fully saturated rings. The summed E-state index contributed by atoms with van der Waals surface area (Å²) < 4.78 is 20.2. The van der Waals surface area contributed by atoms with Crippen LogP contribution < -0.4 is 10.1 Å². The number of benzene rings is 3. The summed E-state index contributed by atoms with van der Waals surface area (Å²) in [6, 6.07) is 21.6. The molecule has 140 valence electrons. The highest BCUT2D eigenvalue weighted by Crippen LogP contribution is 2.20. The Labute approximate surface area is 161 Å². The average molecular weight is 375 g/mol. The number of hydrogen-bond acceptors (Lipinski definition) is 3. The molecule has 4 aromatic rings. The van der Waals surface area contributed by atoms with Crippen LogP contribution in [0.25, 0.3) is 10.8 Å². The zero-order valence-electron chi connectivity index (χ0n) is 15.0. The number of carbonyl (C=O) groups is 1. The maximum absolute atomic E-state index is 13.0. The number of carbonyl (C=O) groups excluding carboxylic acids is 1. The normalized spacial score (nSPS) is 10.8. The van der Waals surface area contributed by atoms with Gasteiger partial charge in [0.25, 0.3) is 5.91 Å². The topological polar surface area (TPSA) is 56.1 Å². The molecule has 1 aromatic heterocycles. The summed E-state index contributed by atoms with van der Waals surface area (Å²) in [4.78, 5) is 12.1. The van der Waals surface area contributed by atoms with Crippen molar-refractivity contribution in [2.24, 2.45) is 0 Å². The number of anilines is 1. The zero-order valence-corrected chi connectivity index (χ0v) is 15.0. The van der Waals surface area contributed by atoms with Crippen LogP contribution in [0.3, 0.4) is 0 Å². The van der Waals surface area contributed by atoms with E-state index in [1.807, 2.05) is 42.5 Å². The number of hydrogen-bond donors (Lipinski definition) is 1. The fraction of sp³-hybridized carbons (Fsp3) is 0.0909. The van der Waals surface area contributed by atoms with Crippen molar-refractivity contribution >= 4 is 22.5 Å². The fourth-order valence-corrected chi connectivity index (χ4v) is 2.88. The highest BCUT2D eigenvalue weighted by atomic mass is 19.1. The van der Waals surface area contributed by atoms with Crippen molar-refractivity contribution < 1.29 is 13.9 Å². The molecule has 1 heterocycles. The van der Waals surface area contributed by atoms with Crippen LogP contribution in [-0.2, 0) is 11.3 Å². The standard InChI is InChI=1S/C22H18FN3O2/c23-19-8-5-16(6-9-19)14-26-12-11-21(25-26)24-22(27)15-28-20-10-7-17-3-1-2-4-18(17)13-20/h1-13H,14-15H2,(H,24,25,27). The molecule has 0 atom stereocenters. The molecule has 0 saturated heterocycles. The summed E-state index contributed by atoms with van der Waals surface area (Å²) in [5.74, 6) is 0.508. The molecule has 0 saturated carbocycles. The molecule has 5 nitrogen and oxygen atoms in total. The number of nitrogens with zero attached hydrogens (tertiary/aromatic N) is 2. The van der Waals surface area contributed by atoms with Gasteiger partial charge < -0.3 is 10.1 Å². The lowest BCUT2D eigenvalue weighted by Crippen LogP contribution is -2.20. The second kappa shape index (κ2) is 7.92. The molecular weight excluding hydrogens is 357 g/mol. The minimum Gasteiger partial charge on any atom is -0.484 e. The third-order valence-electron chi connectivity index (χ3n) is 4.26. The van der Waals surface area contributed by atoms with E-state index < -0.39 is 0 Å². The van der Waals surface area contributed by atoms with E-state index in [0.29, 0.717) is 18.1 Å². The molecule has 0 unspecified atom stereocenters.